The predicted octanol–water partition coefficient (Wildman–Crippen LogP) is 3.15. The Bertz CT molecular complexity index is 361. The normalized spacial score (nSPS) is 15.7. The van der Waals surface area contributed by atoms with Gasteiger partial charge in [0.2, 0.25) is 5.88 Å². The summed E-state index contributed by atoms with van der Waals surface area (Å²) in [4.78, 5) is 4.50. The summed E-state index contributed by atoms with van der Waals surface area (Å²) in [6.07, 6.45) is 5.35. The molecule has 1 aliphatic rings. The molecule has 100 valence electrons. The number of hydrogen-bond acceptors (Lipinski definition) is 3. The second-order valence-electron chi connectivity index (χ2n) is 5.44. The zero-order valence-corrected chi connectivity index (χ0v) is 11.5. The first-order valence-electron chi connectivity index (χ1n) is 7.06. The van der Waals surface area contributed by atoms with Crippen LogP contribution >= 0.6 is 0 Å². The Hall–Kier alpha value is -1.09. The van der Waals surface area contributed by atoms with Gasteiger partial charge in [-0.15, -0.1) is 0 Å². The minimum atomic E-state index is 0.481. The van der Waals surface area contributed by atoms with Gasteiger partial charge < -0.3 is 10.1 Å². The lowest BCUT2D eigenvalue weighted by atomic mass is 9.83. The smallest absolute Gasteiger partial charge is 0.213 e. The molecule has 1 fully saturated rings. The highest BCUT2D eigenvalue weighted by atomic mass is 16.5. The fourth-order valence-electron chi connectivity index (χ4n) is 2.06. The van der Waals surface area contributed by atoms with Gasteiger partial charge in [-0.2, -0.15) is 0 Å². The van der Waals surface area contributed by atoms with Crippen molar-refractivity contribution in [3.05, 3.63) is 23.9 Å². The van der Waals surface area contributed by atoms with Crippen molar-refractivity contribution in [2.45, 2.75) is 52.1 Å². The van der Waals surface area contributed by atoms with Gasteiger partial charge in [-0.05, 0) is 18.4 Å². The van der Waals surface area contributed by atoms with Gasteiger partial charge in [-0.3, -0.25) is 0 Å². The molecule has 0 saturated heterocycles. The number of nitrogens with one attached hydrogen (secondary N) is 1. The van der Waals surface area contributed by atoms with Crippen molar-refractivity contribution in [1.29, 1.82) is 0 Å². The highest BCUT2D eigenvalue weighted by molar-refractivity contribution is 5.15. The van der Waals surface area contributed by atoms with E-state index in [9.17, 15) is 0 Å². The molecule has 2 rings (SSSR count). The summed E-state index contributed by atoms with van der Waals surface area (Å²) in [7, 11) is 0. The van der Waals surface area contributed by atoms with Crippen molar-refractivity contribution in [2.75, 3.05) is 6.61 Å². The SMILES string of the molecule is CC(C)NCc1cccc(OCCC2CCC2)n1. The summed E-state index contributed by atoms with van der Waals surface area (Å²) in [5.74, 6) is 1.66. The number of aromatic nitrogens is 1. The van der Waals surface area contributed by atoms with Crippen LogP contribution in [0.15, 0.2) is 18.2 Å². The Morgan fingerprint density at radius 1 is 1.39 bits per heavy atom. The van der Waals surface area contributed by atoms with Gasteiger partial charge in [0.25, 0.3) is 0 Å². The quantitative estimate of drug-likeness (QED) is 0.805. The third kappa shape index (κ3) is 4.30. The van der Waals surface area contributed by atoms with Gasteiger partial charge in [0.1, 0.15) is 0 Å². The van der Waals surface area contributed by atoms with E-state index >= 15 is 0 Å². The molecular weight excluding hydrogens is 224 g/mol. The van der Waals surface area contributed by atoms with Crippen molar-refractivity contribution < 1.29 is 4.74 Å². The monoisotopic (exact) mass is 248 g/mol. The Morgan fingerprint density at radius 2 is 2.22 bits per heavy atom. The number of pyridine rings is 1. The molecule has 0 bridgehead atoms. The van der Waals surface area contributed by atoms with Crippen LogP contribution in [0.5, 0.6) is 5.88 Å². The summed E-state index contributed by atoms with van der Waals surface area (Å²) in [5, 5.41) is 3.36. The van der Waals surface area contributed by atoms with Crippen LogP contribution in [-0.4, -0.2) is 17.6 Å². The topological polar surface area (TPSA) is 34.1 Å². The Balaban J connectivity index is 1.75. The van der Waals surface area contributed by atoms with E-state index in [1.807, 2.05) is 18.2 Å². The zero-order chi connectivity index (χ0) is 12.8. The molecule has 0 aliphatic heterocycles. The number of nitrogens with zero attached hydrogens (tertiary/aromatic N) is 1. The first kappa shape index (κ1) is 13.3. The van der Waals surface area contributed by atoms with Gasteiger partial charge in [0.15, 0.2) is 0 Å². The largest absolute Gasteiger partial charge is 0.478 e. The van der Waals surface area contributed by atoms with E-state index in [1.165, 1.54) is 25.7 Å². The first-order valence-corrected chi connectivity index (χ1v) is 7.06. The van der Waals surface area contributed by atoms with Crippen molar-refractivity contribution in [1.82, 2.24) is 10.3 Å². The van der Waals surface area contributed by atoms with E-state index < -0.39 is 0 Å². The van der Waals surface area contributed by atoms with Crippen LogP contribution < -0.4 is 10.1 Å². The minimum Gasteiger partial charge on any atom is -0.478 e. The fourth-order valence-corrected chi connectivity index (χ4v) is 2.06. The van der Waals surface area contributed by atoms with E-state index in [-0.39, 0.29) is 0 Å². The fraction of sp³-hybridized carbons (Fsp3) is 0.667. The van der Waals surface area contributed by atoms with E-state index in [4.69, 9.17) is 4.74 Å². The maximum atomic E-state index is 5.72. The molecule has 18 heavy (non-hydrogen) atoms. The summed E-state index contributed by atoms with van der Waals surface area (Å²) < 4.78 is 5.72. The number of hydrogen-bond donors (Lipinski definition) is 1. The third-order valence-electron chi connectivity index (χ3n) is 3.47. The average molecular weight is 248 g/mol. The van der Waals surface area contributed by atoms with Gasteiger partial charge >= 0.3 is 0 Å². The molecule has 0 unspecified atom stereocenters. The molecule has 1 saturated carbocycles. The molecule has 1 aromatic rings. The molecule has 0 spiro atoms. The minimum absolute atomic E-state index is 0.481. The summed E-state index contributed by atoms with van der Waals surface area (Å²) in [6.45, 7) is 5.88. The maximum Gasteiger partial charge on any atom is 0.213 e. The van der Waals surface area contributed by atoms with Crippen LogP contribution in [0.3, 0.4) is 0 Å². The molecule has 0 atom stereocenters. The molecule has 1 aromatic heterocycles. The van der Waals surface area contributed by atoms with Crippen LogP contribution in [0.1, 0.15) is 45.2 Å². The second-order valence-corrected chi connectivity index (χ2v) is 5.44. The van der Waals surface area contributed by atoms with Crippen LogP contribution in [0.2, 0.25) is 0 Å². The summed E-state index contributed by atoms with van der Waals surface area (Å²) in [5.41, 5.74) is 1.05. The lowest BCUT2D eigenvalue weighted by Crippen LogP contribution is -2.22. The molecule has 3 nitrogen and oxygen atoms in total. The summed E-state index contributed by atoms with van der Waals surface area (Å²) in [6, 6.07) is 6.48. The molecule has 1 aliphatic carbocycles. The molecule has 0 aromatic carbocycles. The summed E-state index contributed by atoms with van der Waals surface area (Å²) >= 11 is 0. The van der Waals surface area contributed by atoms with Gasteiger partial charge in [-0.1, -0.05) is 39.2 Å². The van der Waals surface area contributed by atoms with Crippen molar-refractivity contribution >= 4 is 0 Å². The molecule has 3 heteroatoms. The average Bonchev–Trinajstić information content (AvgIpc) is 2.30. The standard InChI is InChI=1S/C15H24N2O/c1-12(2)16-11-14-7-4-8-15(17-14)18-10-9-13-5-3-6-13/h4,7-8,12-13,16H,3,5-6,9-11H2,1-2H3. The highest BCUT2D eigenvalue weighted by Crippen LogP contribution is 2.29. The van der Waals surface area contributed by atoms with Crippen molar-refractivity contribution in [2.24, 2.45) is 5.92 Å². The van der Waals surface area contributed by atoms with Gasteiger partial charge in [0, 0.05) is 18.7 Å². The number of ether oxygens (including phenoxy) is 1. The van der Waals surface area contributed by atoms with Crippen molar-refractivity contribution in [3.8, 4) is 5.88 Å². The lowest BCUT2D eigenvalue weighted by Gasteiger charge is -2.24. The Labute approximate surface area is 110 Å². The van der Waals surface area contributed by atoms with Crippen LogP contribution in [0.4, 0.5) is 0 Å². The van der Waals surface area contributed by atoms with Crippen LogP contribution in [0.25, 0.3) is 0 Å². The Morgan fingerprint density at radius 3 is 2.89 bits per heavy atom. The Kier molecular flexibility index (Phi) is 5.00. The molecule has 1 heterocycles. The maximum absolute atomic E-state index is 5.72. The number of rotatable bonds is 7. The van der Waals surface area contributed by atoms with Crippen LogP contribution in [0, 0.1) is 5.92 Å². The second kappa shape index (κ2) is 6.74. The van der Waals surface area contributed by atoms with Crippen molar-refractivity contribution in [3.63, 3.8) is 0 Å². The van der Waals surface area contributed by atoms with E-state index in [0.717, 1.165) is 30.6 Å². The zero-order valence-electron chi connectivity index (χ0n) is 11.5. The van der Waals surface area contributed by atoms with E-state index in [1.54, 1.807) is 0 Å². The van der Waals surface area contributed by atoms with E-state index in [2.05, 4.69) is 24.1 Å². The van der Waals surface area contributed by atoms with Crippen LogP contribution in [-0.2, 0) is 6.54 Å². The molecule has 0 amide bonds. The molecule has 0 radical (unpaired) electrons. The third-order valence-corrected chi connectivity index (χ3v) is 3.47. The molecular formula is C15H24N2O. The van der Waals surface area contributed by atoms with Gasteiger partial charge in [0.05, 0.1) is 12.3 Å². The predicted molar refractivity (Wildman–Crippen MR) is 73.7 cm³/mol. The van der Waals surface area contributed by atoms with Gasteiger partial charge in [-0.25, -0.2) is 4.98 Å². The first-order chi connectivity index (χ1) is 8.74. The highest BCUT2D eigenvalue weighted by Gasteiger charge is 2.16. The lowest BCUT2D eigenvalue weighted by molar-refractivity contribution is 0.217. The molecule has 1 N–H and O–H groups in total. The van der Waals surface area contributed by atoms with E-state index in [0.29, 0.717) is 6.04 Å².